The molecule has 0 aliphatic rings. The van der Waals surface area contributed by atoms with E-state index in [-0.39, 0.29) is 17.5 Å². The van der Waals surface area contributed by atoms with E-state index in [9.17, 15) is 10.1 Å². The Labute approximate surface area is 123 Å². The summed E-state index contributed by atoms with van der Waals surface area (Å²) in [5.41, 5.74) is 2.18. The fraction of sp³-hybridized carbons (Fsp3) is 0.267. The summed E-state index contributed by atoms with van der Waals surface area (Å²) in [5, 5.41) is 17.1. The van der Waals surface area contributed by atoms with Gasteiger partial charge in [0.25, 0.3) is 0 Å². The SMILES string of the molecule is CNc1ccc([N+](=O)[O-])c(NC(C)c2ccccc2C)n1. The Balaban J connectivity index is 2.34. The molecule has 0 saturated carbocycles. The van der Waals surface area contributed by atoms with Gasteiger partial charge in [-0.3, -0.25) is 10.1 Å². The van der Waals surface area contributed by atoms with Crippen LogP contribution in [0, 0.1) is 17.0 Å². The Morgan fingerprint density at radius 3 is 2.57 bits per heavy atom. The lowest BCUT2D eigenvalue weighted by molar-refractivity contribution is -0.384. The van der Waals surface area contributed by atoms with Gasteiger partial charge in [0.1, 0.15) is 5.82 Å². The lowest BCUT2D eigenvalue weighted by Crippen LogP contribution is -2.11. The van der Waals surface area contributed by atoms with Crippen molar-refractivity contribution in [3.8, 4) is 0 Å². The highest BCUT2D eigenvalue weighted by atomic mass is 16.6. The van der Waals surface area contributed by atoms with Crippen LogP contribution in [0.5, 0.6) is 0 Å². The molecule has 6 heteroatoms. The Morgan fingerprint density at radius 2 is 1.95 bits per heavy atom. The maximum atomic E-state index is 11.1. The Hall–Kier alpha value is -2.63. The van der Waals surface area contributed by atoms with Crippen molar-refractivity contribution in [2.45, 2.75) is 19.9 Å². The molecule has 2 rings (SSSR count). The Kier molecular flexibility index (Phi) is 4.37. The summed E-state index contributed by atoms with van der Waals surface area (Å²) < 4.78 is 0. The third-order valence-electron chi connectivity index (χ3n) is 3.33. The van der Waals surface area contributed by atoms with Crippen molar-refractivity contribution in [3.63, 3.8) is 0 Å². The molecule has 2 aromatic rings. The van der Waals surface area contributed by atoms with Gasteiger partial charge in [-0.1, -0.05) is 24.3 Å². The minimum Gasteiger partial charge on any atom is -0.373 e. The maximum Gasteiger partial charge on any atom is 0.311 e. The van der Waals surface area contributed by atoms with Crippen LogP contribution < -0.4 is 10.6 Å². The van der Waals surface area contributed by atoms with E-state index < -0.39 is 4.92 Å². The summed E-state index contributed by atoms with van der Waals surface area (Å²) in [4.78, 5) is 14.9. The number of nitro groups is 1. The van der Waals surface area contributed by atoms with Crippen molar-refractivity contribution in [3.05, 3.63) is 57.6 Å². The largest absolute Gasteiger partial charge is 0.373 e. The van der Waals surface area contributed by atoms with Crippen LogP contribution in [0.3, 0.4) is 0 Å². The molecule has 0 saturated heterocycles. The van der Waals surface area contributed by atoms with Gasteiger partial charge in [0.05, 0.1) is 11.0 Å². The minimum atomic E-state index is -0.431. The highest BCUT2D eigenvalue weighted by Gasteiger charge is 2.18. The molecular weight excluding hydrogens is 268 g/mol. The molecule has 1 atom stereocenters. The zero-order chi connectivity index (χ0) is 15.4. The highest BCUT2D eigenvalue weighted by molar-refractivity contribution is 5.61. The summed E-state index contributed by atoms with van der Waals surface area (Å²) in [5.74, 6) is 0.850. The molecule has 0 amide bonds. The molecule has 1 aromatic carbocycles. The van der Waals surface area contributed by atoms with Gasteiger partial charge in [0.15, 0.2) is 0 Å². The highest BCUT2D eigenvalue weighted by Crippen LogP contribution is 2.28. The molecule has 0 radical (unpaired) electrons. The van der Waals surface area contributed by atoms with E-state index in [4.69, 9.17) is 0 Å². The van der Waals surface area contributed by atoms with Crippen molar-refractivity contribution in [2.75, 3.05) is 17.7 Å². The van der Waals surface area contributed by atoms with E-state index >= 15 is 0 Å². The summed E-state index contributed by atoms with van der Waals surface area (Å²) in [7, 11) is 1.72. The molecule has 1 heterocycles. The number of hydrogen-bond donors (Lipinski definition) is 2. The monoisotopic (exact) mass is 286 g/mol. The van der Waals surface area contributed by atoms with Crippen molar-refractivity contribution >= 4 is 17.3 Å². The van der Waals surface area contributed by atoms with Gasteiger partial charge in [0, 0.05) is 13.1 Å². The van der Waals surface area contributed by atoms with E-state index in [2.05, 4.69) is 15.6 Å². The van der Waals surface area contributed by atoms with Gasteiger partial charge in [-0.25, -0.2) is 4.98 Å². The van der Waals surface area contributed by atoms with Crippen molar-refractivity contribution in [1.29, 1.82) is 0 Å². The first-order valence-electron chi connectivity index (χ1n) is 6.68. The van der Waals surface area contributed by atoms with Gasteiger partial charge < -0.3 is 10.6 Å². The van der Waals surface area contributed by atoms with Crippen LogP contribution in [-0.4, -0.2) is 17.0 Å². The number of nitrogens with zero attached hydrogens (tertiary/aromatic N) is 2. The number of anilines is 2. The van der Waals surface area contributed by atoms with Crippen LogP contribution in [0.2, 0.25) is 0 Å². The quantitative estimate of drug-likeness (QED) is 0.649. The number of aromatic nitrogens is 1. The normalized spacial score (nSPS) is 11.8. The lowest BCUT2D eigenvalue weighted by atomic mass is 10.0. The maximum absolute atomic E-state index is 11.1. The summed E-state index contributed by atoms with van der Waals surface area (Å²) in [6.45, 7) is 3.97. The molecule has 1 unspecified atom stereocenters. The average Bonchev–Trinajstić information content (AvgIpc) is 2.47. The Bertz CT molecular complexity index is 658. The molecule has 110 valence electrons. The molecule has 0 fully saturated rings. The zero-order valence-electron chi connectivity index (χ0n) is 12.3. The molecule has 0 aliphatic heterocycles. The van der Waals surface area contributed by atoms with E-state index in [1.165, 1.54) is 6.07 Å². The second-order valence-electron chi connectivity index (χ2n) is 4.79. The van der Waals surface area contributed by atoms with E-state index in [1.807, 2.05) is 38.1 Å². The third kappa shape index (κ3) is 3.28. The van der Waals surface area contributed by atoms with Gasteiger partial charge in [-0.15, -0.1) is 0 Å². The van der Waals surface area contributed by atoms with Gasteiger partial charge >= 0.3 is 5.69 Å². The smallest absolute Gasteiger partial charge is 0.311 e. The van der Waals surface area contributed by atoms with Crippen molar-refractivity contribution < 1.29 is 4.92 Å². The minimum absolute atomic E-state index is 0.0329. The first kappa shape index (κ1) is 14.8. The van der Waals surface area contributed by atoms with Crippen molar-refractivity contribution in [1.82, 2.24) is 4.98 Å². The van der Waals surface area contributed by atoms with Crippen LogP contribution in [-0.2, 0) is 0 Å². The van der Waals surface area contributed by atoms with Gasteiger partial charge in [0.2, 0.25) is 5.82 Å². The van der Waals surface area contributed by atoms with E-state index in [1.54, 1.807) is 13.1 Å². The molecular formula is C15H18N4O2. The fourth-order valence-electron chi connectivity index (χ4n) is 2.20. The second-order valence-corrected chi connectivity index (χ2v) is 4.79. The number of rotatable bonds is 5. The zero-order valence-corrected chi connectivity index (χ0v) is 12.3. The topological polar surface area (TPSA) is 80.1 Å². The van der Waals surface area contributed by atoms with Crippen LogP contribution in [0.1, 0.15) is 24.1 Å². The van der Waals surface area contributed by atoms with Gasteiger partial charge in [-0.2, -0.15) is 0 Å². The fourth-order valence-corrected chi connectivity index (χ4v) is 2.20. The number of pyridine rings is 1. The molecule has 6 nitrogen and oxygen atoms in total. The van der Waals surface area contributed by atoms with Crippen LogP contribution in [0.15, 0.2) is 36.4 Å². The summed E-state index contributed by atoms with van der Waals surface area (Å²) in [6.07, 6.45) is 0. The third-order valence-corrected chi connectivity index (χ3v) is 3.33. The standard InChI is InChI=1S/C15H18N4O2/c1-10-6-4-5-7-12(10)11(2)17-15-13(19(20)21)8-9-14(16-3)18-15/h4-9,11H,1-3H3,(H2,16,17,18). The summed E-state index contributed by atoms with van der Waals surface area (Å²) in [6, 6.07) is 10.9. The molecule has 2 N–H and O–H groups in total. The molecule has 0 bridgehead atoms. The predicted octanol–water partition coefficient (Wildman–Crippen LogP) is 3.51. The summed E-state index contributed by atoms with van der Waals surface area (Å²) >= 11 is 0. The van der Waals surface area contributed by atoms with E-state index in [0.29, 0.717) is 5.82 Å². The van der Waals surface area contributed by atoms with E-state index in [0.717, 1.165) is 11.1 Å². The van der Waals surface area contributed by atoms with Crippen LogP contribution in [0.4, 0.5) is 17.3 Å². The van der Waals surface area contributed by atoms with Crippen LogP contribution in [0.25, 0.3) is 0 Å². The molecule has 0 aliphatic carbocycles. The first-order valence-corrected chi connectivity index (χ1v) is 6.68. The molecule has 0 spiro atoms. The lowest BCUT2D eigenvalue weighted by Gasteiger charge is -2.17. The first-order chi connectivity index (χ1) is 10.0. The van der Waals surface area contributed by atoms with Crippen molar-refractivity contribution in [2.24, 2.45) is 0 Å². The van der Waals surface area contributed by atoms with Crippen LogP contribution >= 0.6 is 0 Å². The predicted molar refractivity (Wildman–Crippen MR) is 83.7 cm³/mol. The van der Waals surface area contributed by atoms with Gasteiger partial charge in [-0.05, 0) is 31.0 Å². The molecule has 21 heavy (non-hydrogen) atoms. The second kappa shape index (κ2) is 6.21. The Morgan fingerprint density at radius 1 is 1.24 bits per heavy atom. The number of aryl methyl sites for hydroxylation is 1. The molecule has 1 aromatic heterocycles. The number of benzene rings is 1. The number of nitrogens with one attached hydrogen (secondary N) is 2. The average molecular weight is 286 g/mol. The number of hydrogen-bond acceptors (Lipinski definition) is 5.